The number of rotatable bonds is 5. The molecule has 6 heteroatoms. The first-order chi connectivity index (χ1) is 8.21. The normalized spacial score (nSPS) is 9.47. The average Bonchev–Trinajstić information content (AvgIpc) is 2.36. The molecule has 17 heavy (non-hydrogen) atoms. The number of carbonyl (C=O) groups excluding carboxylic acids is 1. The predicted octanol–water partition coefficient (Wildman–Crippen LogP) is 0.738. The van der Waals surface area contributed by atoms with Gasteiger partial charge in [0.1, 0.15) is 18.4 Å². The third-order valence-electron chi connectivity index (χ3n) is 2.08. The molecule has 0 aliphatic rings. The summed E-state index contributed by atoms with van der Waals surface area (Å²) in [6.07, 6.45) is 2.85. The zero-order valence-corrected chi connectivity index (χ0v) is 9.88. The minimum atomic E-state index is -0.305. The number of nitriles is 1. The van der Waals surface area contributed by atoms with E-state index in [1.54, 1.807) is 11.8 Å². The van der Waals surface area contributed by atoms with Crippen LogP contribution in [0.4, 0.5) is 5.82 Å². The first-order valence-corrected chi connectivity index (χ1v) is 5.34. The van der Waals surface area contributed by atoms with Gasteiger partial charge in [0, 0.05) is 6.54 Å². The largest absolute Gasteiger partial charge is 0.465 e. The van der Waals surface area contributed by atoms with Gasteiger partial charge in [0.25, 0.3) is 0 Å². The minimum absolute atomic E-state index is 0.130. The van der Waals surface area contributed by atoms with Crippen LogP contribution in [0.3, 0.4) is 0 Å². The Morgan fingerprint density at radius 3 is 2.71 bits per heavy atom. The van der Waals surface area contributed by atoms with E-state index < -0.39 is 0 Å². The van der Waals surface area contributed by atoms with E-state index in [1.165, 1.54) is 12.4 Å². The van der Waals surface area contributed by atoms with Crippen molar-refractivity contribution < 1.29 is 9.53 Å². The van der Waals surface area contributed by atoms with Crippen LogP contribution >= 0.6 is 0 Å². The van der Waals surface area contributed by atoms with E-state index in [4.69, 9.17) is 10.00 Å². The summed E-state index contributed by atoms with van der Waals surface area (Å²) in [5.41, 5.74) is 0.251. The molecule has 1 aromatic heterocycles. The number of aromatic nitrogens is 2. The van der Waals surface area contributed by atoms with Gasteiger partial charge in [-0.05, 0) is 13.8 Å². The third kappa shape index (κ3) is 3.72. The number of anilines is 1. The maximum absolute atomic E-state index is 11.3. The fourth-order valence-electron chi connectivity index (χ4n) is 1.26. The lowest BCUT2D eigenvalue weighted by Gasteiger charge is -2.19. The SMILES string of the molecule is CCOC(=O)CN(CC)c1cnc(C#N)cn1. The quantitative estimate of drug-likeness (QED) is 0.699. The van der Waals surface area contributed by atoms with Crippen molar-refractivity contribution in [1.82, 2.24) is 9.97 Å². The van der Waals surface area contributed by atoms with Crippen molar-refractivity contribution in [3.63, 3.8) is 0 Å². The Morgan fingerprint density at radius 1 is 1.47 bits per heavy atom. The number of nitrogens with zero attached hydrogens (tertiary/aromatic N) is 4. The standard InChI is InChI=1S/C11H14N4O2/c1-3-15(8-11(16)17-4-2)10-7-13-9(5-12)6-14-10/h6-7H,3-4,8H2,1-2H3. The highest BCUT2D eigenvalue weighted by molar-refractivity contribution is 5.75. The second-order valence-corrected chi connectivity index (χ2v) is 3.19. The zero-order chi connectivity index (χ0) is 12.7. The second-order valence-electron chi connectivity index (χ2n) is 3.19. The average molecular weight is 234 g/mol. The summed E-state index contributed by atoms with van der Waals surface area (Å²) in [4.78, 5) is 21.0. The van der Waals surface area contributed by atoms with Gasteiger partial charge in [-0.1, -0.05) is 0 Å². The van der Waals surface area contributed by atoms with Crippen molar-refractivity contribution in [1.29, 1.82) is 5.26 Å². The fraction of sp³-hybridized carbons (Fsp3) is 0.455. The van der Waals surface area contributed by atoms with Crippen LogP contribution in [-0.4, -0.2) is 35.6 Å². The van der Waals surface area contributed by atoms with Gasteiger partial charge in [0.05, 0.1) is 19.0 Å². The highest BCUT2D eigenvalue weighted by Crippen LogP contribution is 2.08. The van der Waals surface area contributed by atoms with Crippen molar-refractivity contribution in [2.45, 2.75) is 13.8 Å². The molecular weight excluding hydrogens is 220 g/mol. The molecule has 6 nitrogen and oxygen atoms in total. The van der Waals surface area contributed by atoms with Crippen LogP contribution < -0.4 is 4.90 Å². The van der Waals surface area contributed by atoms with Gasteiger partial charge in [-0.15, -0.1) is 0 Å². The van der Waals surface area contributed by atoms with Gasteiger partial charge in [-0.3, -0.25) is 4.79 Å². The Labute approximate surface area is 99.9 Å². The maximum atomic E-state index is 11.3. The van der Waals surface area contributed by atoms with E-state index in [-0.39, 0.29) is 18.2 Å². The number of carbonyl (C=O) groups is 1. The van der Waals surface area contributed by atoms with Crippen molar-refractivity contribution in [3.05, 3.63) is 18.1 Å². The van der Waals surface area contributed by atoms with E-state index in [1.807, 2.05) is 13.0 Å². The molecule has 1 rings (SSSR count). The summed E-state index contributed by atoms with van der Waals surface area (Å²) in [5.74, 6) is 0.250. The Kier molecular flexibility index (Phi) is 4.88. The molecule has 0 bridgehead atoms. The van der Waals surface area contributed by atoms with Crippen LogP contribution in [0, 0.1) is 11.3 Å². The van der Waals surface area contributed by atoms with E-state index in [9.17, 15) is 4.79 Å². The van der Waals surface area contributed by atoms with Crippen LogP contribution in [0.15, 0.2) is 12.4 Å². The van der Waals surface area contributed by atoms with Gasteiger partial charge in [0.2, 0.25) is 0 Å². The molecule has 0 fully saturated rings. The molecule has 0 aliphatic heterocycles. The highest BCUT2D eigenvalue weighted by atomic mass is 16.5. The number of likely N-dealkylation sites (N-methyl/N-ethyl adjacent to an activating group) is 1. The molecule has 0 amide bonds. The number of hydrogen-bond acceptors (Lipinski definition) is 6. The number of esters is 1. The molecule has 0 saturated carbocycles. The van der Waals surface area contributed by atoms with Crippen LogP contribution in [0.25, 0.3) is 0 Å². The Bertz CT molecular complexity index is 410. The summed E-state index contributed by atoms with van der Waals surface area (Å²) in [7, 11) is 0. The molecule has 90 valence electrons. The van der Waals surface area contributed by atoms with Crippen LogP contribution in [-0.2, 0) is 9.53 Å². The van der Waals surface area contributed by atoms with Gasteiger partial charge in [-0.25, -0.2) is 9.97 Å². The van der Waals surface area contributed by atoms with Gasteiger partial charge >= 0.3 is 5.97 Å². The van der Waals surface area contributed by atoms with Gasteiger partial charge in [-0.2, -0.15) is 5.26 Å². The van der Waals surface area contributed by atoms with Gasteiger partial charge in [0.15, 0.2) is 5.69 Å². The van der Waals surface area contributed by atoms with E-state index in [2.05, 4.69) is 9.97 Å². The Morgan fingerprint density at radius 2 is 2.24 bits per heavy atom. The smallest absolute Gasteiger partial charge is 0.325 e. The molecule has 0 aliphatic carbocycles. The van der Waals surface area contributed by atoms with Gasteiger partial charge < -0.3 is 9.64 Å². The number of ether oxygens (including phenoxy) is 1. The molecule has 0 atom stereocenters. The Balaban J connectivity index is 2.72. The molecule has 0 radical (unpaired) electrons. The number of hydrogen-bond donors (Lipinski definition) is 0. The van der Waals surface area contributed by atoms with E-state index in [0.717, 1.165) is 0 Å². The molecule has 0 unspecified atom stereocenters. The monoisotopic (exact) mass is 234 g/mol. The molecular formula is C11H14N4O2. The summed E-state index contributed by atoms with van der Waals surface area (Å²) >= 11 is 0. The van der Waals surface area contributed by atoms with Crippen LogP contribution in [0.1, 0.15) is 19.5 Å². The lowest BCUT2D eigenvalue weighted by Crippen LogP contribution is -2.31. The molecule has 0 saturated heterocycles. The third-order valence-corrected chi connectivity index (χ3v) is 2.08. The molecule has 1 heterocycles. The second kappa shape index (κ2) is 6.43. The summed E-state index contributed by atoms with van der Waals surface area (Å²) in [6, 6.07) is 1.89. The van der Waals surface area contributed by atoms with Crippen molar-refractivity contribution in [2.75, 3.05) is 24.6 Å². The molecule has 1 aromatic rings. The van der Waals surface area contributed by atoms with Crippen molar-refractivity contribution in [3.8, 4) is 6.07 Å². The topological polar surface area (TPSA) is 79.1 Å². The first-order valence-electron chi connectivity index (χ1n) is 5.34. The lowest BCUT2D eigenvalue weighted by atomic mass is 10.4. The minimum Gasteiger partial charge on any atom is -0.465 e. The van der Waals surface area contributed by atoms with Crippen molar-refractivity contribution >= 4 is 11.8 Å². The van der Waals surface area contributed by atoms with Crippen LogP contribution in [0.2, 0.25) is 0 Å². The fourth-order valence-corrected chi connectivity index (χ4v) is 1.26. The highest BCUT2D eigenvalue weighted by Gasteiger charge is 2.12. The Hall–Kier alpha value is -2.16. The van der Waals surface area contributed by atoms with Crippen LogP contribution in [0.5, 0.6) is 0 Å². The lowest BCUT2D eigenvalue weighted by molar-refractivity contribution is -0.141. The summed E-state index contributed by atoms with van der Waals surface area (Å²) < 4.78 is 4.86. The van der Waals surface area contributed by atoms with E-state index >= 15 is 0 Å². The summed E-state index contributed by atoms with van der Waals surface area (Å²) in [6.45, 7) is 4.76. The maximum Gasteiger partial charge on any atom is 0.325 e. The zero-order valence-electron chi connectivity index (χ0n) is 9.88. The molecule has 0 N–H and O–H groups in total. The molecule has 0 spiro atoms. The summed E-state index contributed by atoms with van der Waals surface area (Å²) in [5, 5.41) is 8.60. The van der Waals surface area contributed by atoms with E-state index in [0.29, 0.717) is 19.0 Å². The molecule has 0 aromatic carbocycles. The first kappa shape index (κ1) is 12.9. The predicted molar refractivity (Wildman–Crippen MR) is 61.3 cm³/mol. The van der Waals surface area contributed by atoms with Crippen molar-refractivity contribution in [2.24, 2.45) is 0 Å².